The summed E-state index contributed by atoms with van der Waals surface area (Å²) in [5.74, 6) is -0.772. The van der Waals surface area contributed by atoms with E-state index in [2.05, 4.69) is 39.0 Å². The predicted molar refractivity (Wildman–Crippen MR) is 71.9 cm³/mol. The van der Waals surface area contributed by atoms with E-state index in [1.54, 1.807) is 11.3 Å². The van der Waals surface area contributed by atoms with E-state index >= 15 is 0 Å². The van der Waals surface area contributed by atoms with Crippen molar-refractivity contribution in [1.29, 1.82) is 0 Å². The van der Waals surface area contributed by atoms with E-state index in [9.17, 15) is 4.79 Å². The van der Waals surface area contributed by atoms with E-state index < -0.39 is 5.97 Å². The third-order valence-corrected chi connectivity index (χ3v) is 3.87. The standard InChI is InChI=1S/C14H16O2S/c1-14(2,3)10-4-5-12-11(7-10)9(8-17-12)6-13(15)16/h4-5,7-8H,6H2,1-3H3,(H,15,16). The van der Waals surface area contributed by atoms with Gasteiger partial charge in [-0.2, -0.15) is 0 Å². The van der Waals surface area contributed by atoms with Gasteiger partial charge in [-0.15, -0.1) is 11.3 Å². The molecule has 0 spiro atoms. The molecular formula is C14H16O2S. The summed E-state index contributed by atoms with van der Waals surface area (Å²) in [6.07, 6.45) is 0.105. The normalized spacial score (nSPS) is 11.9. The molecule has 0 bridgehead atoms. The van der Waals surface area contributed by atoms with Crippen LogP contribution in [0.25, 0.3) is 10.1 Å². The molecule has 0 aliphatic carbocycles. The van der Waals surface area contributed by atoms with Gasteiger partial charge in [-0.3, -0.25) is 4.79 Å². The molecule has 0 aliphatic heterocycles. The monoisotopic (exact) mass is 248 g/mol. The minimum absolute atomic E-state index is 0.0939. The fourth-order valence-electron chi connectivity index (χ4n) is 1.85. The van der Waals surface area contributed by atoms with Gasteiger partial charge in [-0.05, 0) is 39.4 Å². The lowest BCUT2D eigenvalue weighted by Crippen LogP contribution is -2.10. The highest BCUT2D eigenvalue weighted by Gasteiger charge is 2.15. The molecule has 17 heavy (non-hydrogen) atoms. The number of benzene rings is 1. The summed E-state index contributed by atoms with van der Waals surface area (Å²) >= 11 is 1.61. The van der Waals surface area contributed by atoms with Crippen LogP contribution in [0, 0.1) is 0 Å². The van der Waals surface area contributed by atoms with Crippen molar-refractivity contribution in [2.45, 2.75) is 32.6 Å². The van der Waals surface area contributed by atoms with Gasteiger partial charge in [0.1, 0.15) is 0 Å². The molecule has 2 nitrogen and oxygen atoms in total. The fraction of sp³-hybridized carbons (Fsp3) is 0.357. The average Bonchev–Trinajstić information content (AvgIpc) is 2.59. The van der Waals surface area contributed by atoms with Crippen LogP contribution in [0.1, 0.15) is 31.9 Å². The SMILES string of the molecule is CC(C)(C)c1ccc2scc(CC(=O)O)c2c1. The summed E-state index contributed by atoms with van der Waals surface area (Å²) in [6.45, 7) is 6.49. The van der Waals surface area contributed by atoms with Crippen LogP contribution in [0.4, 0.5) is 0 Å². The summed E-state index contributed by atoms with van der Waals surface area (Å²) in [4.78, 5) is 10.8. The maximum Gasteiger partial charge on any atom is 0.307 e. The molecule has 3 heteroatoms. The Morgan fingerprint density at radius 2 is 2.06 bits per heavy atom. The van der Waals surface area contributed by atoms with E-state index in [1.165, 1.54) is 5.56 Å². The molecule has 0 saturated carbocycles. The summed E-state index contributed by atoms with van der Waals surface area (Å²) in [5.41, 5.74) is 2.26. The van der Waals surface area contributed by atoms with Crippen LogP contribution >= 0.6 is 11.3 Å². The Balaban J connectivity index is 2.54. The first-order chi connectivity index (χ1) is 7.88. The topological polar surface area (TPSA) is 37.3 Å². The van der Waals surface area contributed by atoms with Gasteiger partial charge in [0, 0.05) is 4.70 Å². The highest BCUT2D eigenvalue weighted by molar-refractivity contribution is 7.17. The van der Waals surface area contributed by atoms with Gasteiger partial charge in [0.05, 0.1) is 6.42 Å². The zero-order chi connectivity index (χ0) is 12.6. The smallest absolute Gasteiger partial charge is 0.307 e. The number of hydrogen-bond acceptors (Lipinski definition) is 2. The Labute approximate surface area is 105 Å². The number of rotatable bonds is 2. The van der Waals surface area contributed by atoms with Gasteiger partial charge >= 0.3 is 5.97 Å². The number of aliphatic carboxylic acids is 1. The molecule has 90 valence electrons. The second kappa shape index (κ2) is 4.15. The van der Waals surface area contributed by atoms with Gasteiger partial charge in [0.15, 0.2) is 0 Å². The zero-order valence-electron chi connectivity index (χ0n) is 10.3. The maximum absolute atomic E-state index is 10.8. The van der Waals surface area contributed by atoms with Crippen LogP contribution in [0.3, 0.4) is 0 Å². The molecule has 0 radical (unpaired) electrons. The van der Waals surface area contributed by atoms with Crippen LogP contribution in [0.2, 0.25) is 0 Å². The number of carboxylic acid groups (broad SMARTS) is 1. The molecule has 2 aromatic rings. The number of fused-ring (bicyclic) bond motifs is 1. The highest BCUT2D eigenvalue weighted by Crippen LogP contribution is 2.31. The van der Waals surface area contributed by atoms with Gasteiger partial charge in [0.2, 0.25) is 0 Å². The molecule has 0 amide bonds. The molecular weight excluding hydrogens is 232 g/mol. The molecule has 1 N–H and O–H groups in total. The molecule has 0 unspecified atom stereocenters. The molecule has 2 rings (SSSR count). The lowest BCUT2D eigenvalue weighted by molar-refractivity contribution is -0.136. The minimum Gasteiger partial charge on any atom is -0.481 e. The van der Waals surface area contributed by atoms with Crippen LogP contribution in [0.15, 0.2) is 23.6 Å². The maximum atomic E-state index is 10.8. The van der Waals surface area contributed by atoms with Crippen molar-refractivity contribution in [3.63, 3.8) is 0 Å². The Bertz CT molecular complexity index is 561. The van der Waals surface area contributed by atoms with Crippen molar-refractivity contribution in [3.8, 4) is 0 Å². The van der Waals surface area contributed by atoms with E-state index in [0.717, 1.165) is 15.6 Å². The molecule has 0 fully saturated rings. The number of carboxylic acids is 1. The summed E-state index contributed by atoms with van der Waals surface area (Å²) in [5, 5.41) is 11.9. The average molecular weight is 248 g/mol. The Hall–Kier alpha value is -1.35. The highest BCUT2D eigenvalue weighted by atomic mass is 32.1. The third-order valence-electron chi connectivity index (χ3n) is 2.86. The van der Waals surface area contributed by atoms with Crippen molar-refractivity contribution in [1.82, 2.24) is 0 Å². The summed E-state index contributed by atoms with van der Waals surface area (Å²) in [6, 6.07) is 6.35. The van der Waals surface area contributed by atoms with Crippen LogP contribution in [0.5, 0.6) is 0 Å². The number of hydrogen-bond donors (Lipinski definition) is 1. The molecule has 0 atom stereocenters. The van der Waals surface area contributed by atoms with Crippen molar-refractivity contribution < 1.29 is 9.90 Å². The molecule has 0 saturated heterocycles. The molecule has 1 heterocycles. The first-order valence-corrected chi connectivity index (χ1v) is 6.48. The third kappa shape index (κ3) is 2.50. The quantitative estimate of drug-likeness (QED) is 0.877. The van der Waals surface area contributed by atoms with Gasteiger partial charge in [-0.1, -0.05) is 26.8 Å². The van der Waals surface area contributed by atoms with E-state index in [0.29, 0.717) is 0 Å². The number of carbonyl (C=O) groups is 1. The summed E-state index contributed by atoms with van der Waals surface area (Å²) < 4.78 is 1.16. The second-order valence-corrected chi connectivity index (χ2v) is 6.20. The van der Waals surface area contributed by atoms with Crippen LogP contribution in [-0.2, 0) is 16.6 Å². The van der Waals surface area contributed by atoms with E-state index in [4.69, 9.17) is 5.11 Å². The Kier molecular flexibility index (Phi) is 2.96. The zero-order valence-corrected chi connectivity index (χ0v) is 11.1. The van der Waals surface area contributed by atoms with E-state index in [1.807, 2.05) is 5.38 Å². The lowest BCUT2D eigenvalue weighted by Gasteiger charge is -2.19. The second-order valence-electron chi connectivity index (χ2n) is 5.29. The van der Waals surface area contributed by atoms with Crippen molar-refractivity contribution >= 4 is 27.4 Å². The van der Waals surface area contributed by atoms with Crippen LogP contribution < -0.4 is 0 Å². The lowest BCUT2D eigenvalue weighted by atomic mass is 9.86. The van der Waals surface area contributed by atoms with Crippen LogP contribution in [-0.4, -0.2) is 11.1 Å². The first-order valence-electron chi connectivity index (χ1n) is 5.60. The molecule has 0 aliphatic rings. The van der Waals surface area contributed by atoms with Crippen molar-refractivity contribution in [2.24, 2.45) is 0 Å². The predicted octanol–water partition coefficient (Wildman–Crippen LogP) is 3.83. The Morgan fingerprint density at radius 3 is 2.65 bits per heavy atom. The van der Waals surface area contributed by atoms with E-state index in [-0.39, 0.29) is 11.8 Å². The minimum atomic E-state index is -0.772. The summed E-state index contributed by atoms with van der Waals surface area (Å²) in [7, 11) is 0. The number of thiophene rings is 1. The van der Waals surface area contributed by atoms with Crippen molar-refractivity contribution in [2.75, 3.05) is 0 Å². The molecule has 1 aromatic carbocycles. The Morgan fingerprint density at radius 1 is 1.35 bits per heavy atom. The first kappa shape index (κ1) is 12.1. The van der Waals surface area contributed by atoms with Gasteiger partial charge in [0.25, 0.3) is 0 Å². The fourth-order valence-corrected chi connectivity index (χ4v) is 2.79. The largest absolute Gasteiger partial charge is 0.481 e. The van der Waals surface area contributed by atoms with Gasteiger partial charge in [-0.25, -0.2) is 0 Å². The molecule has 1 aromatic heterocycles. The van der Waals surface area contributed by atoms with Gasteiger partial charge < -0.3 is 5.11 Å². The van der Waals surface area contributed by atoms with Crippen molar-refractivity contribution in [3.05, 3.63) is 34.7 Å².